The predicted molar refractivity (Wildman–Crippen MR) is 169 cm³/mol. The van der Waals surface area contributed by atoms with E-state index in [1.54, 1.807) is 44.2 Å². The summed E-state index contributed by atoms with van der Waals surface area (Å²) in [6, 6.07) is 12.7. The van der Waals surface area contributed by atoms with Crippen LogP contribution in [-0.2, 0) is 31.0 Å². The Bertz CT molecular complexity index is 1690. The van der Waals surface area contributed by atoms with Crippen molar-refractivity contribution >= 4 is 17.7 Å². The molecule has 0 saturated heterocycles. The Kier molecular flexibility index (Phi) is 8.54. The third-order valence-electron chi connectivity index (χ3n) is 10.8. The molecule has 1 fully saturated rings. The third kappa shape index (κ3) is 5.19. The van der Waals surface area contributed by atoms with Crippen LogP contribution < -0.4 is 9.84 Å². The number of hydrogen-bond donors (Lipinski definition) is 4. The smallest absolute Gasteiger partial charge is 0.310 e. The van der Waals surface area contributed by atoms with Crippen LogP contribution >= 0.6 is 0 Å². The molecule has 0 radical (unpaired) electrons. The average molecular weight is 646 g/mol. The molecule has 8 atom stereocenters. The second-order valence-corrected chi connectivity index (χ2v) is 13.5. The maximum atomic E-state index is 13.7. The fourth-order valence-corrected chi connectivity index (χ4v) is 7.87. The Morgan fingerprint density at radius 1 is 1.11 bits per heavy atom. The number of ketones is 1. The van der Waals surface area contributed by atoms with Gasteiger partial charge in [0, 0.05) is 18.3 Å². The van der Waals surface area contributed by atoms with Crippen molar-refractivity contribution in [3.8, 4) is 11.5 Å². The first-order valence-electron chi connectivity index (χ1n) is 15.5. The second kappa shape index (κ2) is 11.8. The van der Waals surface area contributed by atoms with Crippen molar-refractivity contribution in [3.05, 3.63) is 95.1 Å². The lowest BCUT2D eigenvalue weighted by atomic mass is 9.55. The summed E-state index contributed by atoms with van der Waals surface area (Å²) in [5, 5.41) is 60.9. The van der Waals surface area contributed by atoms with Gasteiger partial charge < -0.3 is 39.8 Å². The molecule has 1 saturated carbocycles. The van der Waals surface area contributed by atoms with Crippen LogP contribution in [0.1, 0.15) is 51.7 Å². The fraction of sp³-hybridized carbons (Fsp3) is 0.432. The van der Waals surface area contributed by atoms with Crippen LogP contribution in [0.15, 0.2) is 84.0 Å². The molecule has 0 aromatic heterocycles. The zero-order chi connectivity index (χ0) is 34.7. The molecule has 4 N–H and O–H groups in total. The van der Waals surface area contributed by atoms with Crippen LogP contribution in [-0.4, -0.2) is 68.2 Å². The molecule has 0 amide bonds. The molecular weight excluding hydrogens is 604 g/mol. The van der Waals surface area contributed by atoms with Crippen molar-refractivity contribution in [1.29, 1.82) is 0 Å². The highest BCUT2D eigenvalue weighted by Crippen LogP contribution is 2.59. The van der Waals surface area contributed by atoms with Gasteiger partial charge in [0.05, 0.1) is 30.5 Å². The van der Waals surface area contributed by atoms with Crippen LogP contribution in [0.5, 0.6) is 11.5 Å². The lowest BCUT2D eigenvalue weighted by Crippen LogP contribution is -2.68. The minimum absolute atomic E-state index is 0.0255. The summed E-state index contributed by atoms with van der Waals surface area (Å²) in [4.78, 5) is 40.5. The van der Waals surface area contributed by atoms with E-state index >= 15 is 0 Å². The Labute approximate surface area is 273 Å². The molecule has 0 aliphatic heterocycles. The maximum Gasteiger partial charge on any atom is 0.310 e. The highest BCUT2D eigenvalue weighted by Gasteiger charge is 2.69. The highest BCUT2D eigenvalue weighted by molar-refractivity contribution is 6.05. The number of phenolic OH excluding ortho intramolecular Hbond substituents is 1. The molecule has 3 aliphatic carbocycles. The number of Topliss-reactive ketones (excluding diaryl/α,β-unsaturated/α-hetero) is 1. The molecular formula is C37H41O10-. The number of benzene rings is 2. The van der Waals surface area contributed by atoms with Gasteiger partial charge in [0.1, 0.15) is 17.3 Å². The van der Waals surface area contributed by atoms with Gasteiger partial charge in [0.2, 0.25) is 0 Å². The van der Waals surface area contributed by atoms with Gasteiger partial charge in [0.15, 0.2) is 17.3 Å². The lowest BCUT2D eigenvalue weighted by Gasteiger charge is -2.56. The number of carboxylic acid groups (broad SMARTS) is 1. The highest BCUT2D eigenvalue weighted by atomic mass is 16.6. The first-order valence-corrected chi connectivity index (χ1v) is 15.5. The number of aliphatic hydroxyl groups is 3. The SMILES string of the molecule is C=C(C)[C@]1(O)C[C@@H](C)[C@@]2(O)[C@@H](C=C(C(C)(C(=O)[O-])c3ccc(O)c(OC)c3)C[C@]3(O)C(=O)C(C)=C[C@@H]23)[C@H]1OC(=O)Cc1ccccc1. The summed E-state index contributed by atoms with van der Waals surface area (Å²) in [6.45, 7) is 10.1. The van der Waals surface area contributed by atoms with Gasteiger partial charge in [-0.2, -0.15) is 0 Å². The standard InChI is InChI=1S/C37H42O10/c1-20(2)35(43)18-22(4)37(45)26(32(35)47-30(39)15-23-10-8-7-9-11-23)16-25(19-36(44)29(37)14-21(3)31(36)40)34(5,33(41)42)24-12-13-27(38)28(17-24)46-6/h7-14,16-17,22,26,29,32,38,43-45H,1,15,18-19H2,2-6H3,(H,41,42)/p-1/t22-,26+,29-,32-,34?,35-,36-,37-/m1/s1. The molecule has 0 spiro atoms. The number of fused-ring (bicyclic) bond motifs is 3. The number of carbonyl (C=O) groups excluding carboxylic acids is 3. The Morgan fingerprint density at radius 2 is 1.77 bits per heavy atom. The number of aromatic hydroxyl groups is 1. The number of carbonyl (C=O) groups is 3. The number of aliphatic carboxylic acids is 1. The van der Waals surface area contributed by atoms with Crippen LogP contribution in [0, 0.1) is 17.8 Å². The number of phenols is 1. The summed E-state index contributed by atoms with van der Waals surface area (Å²) < 4.78 is 11.3. The minimum atomic E-state index is -2.29. The lowest BCUT2D eigenvalue weighted by molar-refractivity contribution is -0.311. The summed E-state index contributed by atoms with van der Waals surface area (Å²) >= 11 is 0. The van der Waals surface area contributed by atoms with Crippen molar-refractivity contribution in [2.75, 3.05) is 7.11 Å². The van der Waals surface area contributed by atoms with Gasteiger partial charge in [0.25, 0.3) is 0 Å². The monoisotopic (exact) mass is 645 g/mol. The van der Waals surface area contributed by atoms with Crippen molar-refractivity contribution in [2.24, 2.45) is 17.8 Å². The average Bonchev–Trinajstić information content (AvgIpc) is 3.18. The van der Waals surface area contributed by atoms with Gasteiger partial charge in [-0.15, -0.1) is 0 Å². The number of methoxy groups -OCH3 is 1. The van der Waals surface area contributed by atoms with Crippen molar-refractivity contribution in [3.63, 3.8) is 0 Å². The molecule has 10 nitrogen and oxygen atoms in total. The molecule has 0 heterocycles. The number of esters is 1. The van der Waals surface area contributed by atoms with Crippen LogP contribution in [0.2, 0.25) is 0 Å². The molecule has 10 heteroatoms. The topological polar surface area (TPSA) is 174 Å². The zero-order valence-electron chi connectivity index (χ0n) is 27.1. The molecule has 0 bridgehead atoms. The van der Waals surface area contributed by atoms with Crippen molar-refractivity contribution in [2.45, 2.75) is 75.3 Å². The molecule has 2 aromatic carbocycles. The minimum Gasteiger partial charge on any atom is -0.549 e. The van der Waals surface area contributed by atoms with Crippen molar-refractivity contribution < 1.29 is 49.4 Å². The van der Waals surface area contributed by atoms with E-state index in [1.165, 1.54) is 51.3 Å². The van der Waals surface area contributed by atoms with Crippen LogP contribution in [0.25, 0.3) is 0 Å². The Hall–Kier alpha value is -4.25. The number of rotatable bonds is 8. The van der Waals surface area contributed by atoms with Gasteiger partial charge in [-0.3, -0.25) is 9.59 Å². The summed E-state index contributed by atoms with van der Waals surface area (Å²) in [7, 11) is 1.30. The van der Waals surface area contributed by atoms with E-state index < -0.39 is 70.2 Å². The largest absolute Gasteiger partial charge is 0.549 e. The molecule has 47 heavy (non-hydrogen) atoms. The van der Waals surface area contributed by atoms with E-state index in [-0.39, 0.29) is 46.6 Å². The van der Waals surface area contributed by atoms with Gasteiger partial charge in [-0.25, -0.2) is 0 Å². The number of carboxylic acids is 1. The van der Waals surface area contributed by atoms with E-state index in [2.05, 4.69) is 6.58 Å². The normalized spacial score (nSPS) is 32.9. The Morgan fingerprint density at radius 3 is 2.36 bits per heavy atom. The number of hydrogen-bond acceptors (Lipinski definition) is 10. The Balaban J connectivity index is 1.77. The van der Waals surface area contributed by atoms with Crippen LogP contribution in [0.3, 0.4) is 0 Å². The molecule has 2 aromatic rings. The van der Waals surface area contributed by atoms with E-state index in [0.717, 1.165) is 0 Å². The van der Waals surface area contributed by atoms with Crippen LogP contribution in [0.4, 0.5) is 0 Å². The van der Waals surface area contributed by atoms with E-state index in [9.17, 15) is 39.9 Å². The number of ether oxygens (including phenoxy) is 2. The third-order valence-corrected chi connectivity index (χ3v) is 10.8. The summed E-state index contributed by atoms with van der Waals surface area (Å²) in [5.41, 5.74) is -7.11. The van der Waals surface area contributed by atoms with E-state index in [4.69, 9.17) is 9.47 Å². The fourth-order valence-electron chi connectivity index (χ4n) is 7.87. The molecule has 250 valence electrons. The van der Waals surface area contributed by atoms with Gasteiger partial charge >= 0.3 is 5.97 Å². The second-order valence-electron chi connectivity index (χ2n) is 13.5. The van der Waals surface area contributed by atoms with Gasteiger partial charge in [-0.1, -0.05) is 67.6 Å². The zero-order valence-corrected chi connectivity index (χ0v) is 27.1. The molecule has 3 aliphatic rings. The van der Waals surface area contributed by atoms with Crippen molar-refractivity contribution in [1.82, 2.24) is 0 Å². The quantitative estimate of drug-likeness (QED) is 0.247. The summed E-state index contributed by atoms with van der Waals surface area (Å²) in [6.07, 6.45) is 0.569. The first-order chi connectivity index (χ1) is 21.9. The maximum absolute atomic E-state index is 13.7. The van der Waals surface area contributed by atoms with E-state index in [1.807, 2.05) is 0 Å². The van der Waals surface area contributed by atoms with Gasteiger partial charge in [-0.05, 0) is 67.5 Å². The first kappa shape index (κ1) is 34.1. The molecule has 1 unspecified atom stereocenters. The predicted octanol–water partition coefficient (Wildman–Crippen LogP) is 2.46. The summed E-state index contributed by atoms with van der Waals surface area (Å²) in [5.74, 6) is -6.69. The molecule has 5 rings (SSSR count). The van der Waals surface area contributed by atoms with E-state index in [0.29, 0.717) is 5.56 Å².